The Kier molecular flexibility index (Phi) is 6.76. The average molecular weight is 704 g/mol. The van der Waals surface area contributed by atoms with Crippen molar-refractivity contribution in [3.05, 3.63) is 88.8 Å². The molecular weight excluding hydrogens is 664 g/mol. The molecule has 2 heterocycles. The van der Waals surface area contributed by atoms with Gasteiger partial charge in [-0.05, 0) is 97.4 Å². The number of amides is 1. The van der Waals surface area contributed by atoms with Crippen LogP contribution in [-0.2, 0) is 11.3 Å². The quantitative estimate of drug-likeness (QED) is 0.212. The van der Waals surface area contributed by atoms with E-state index in [0.29, 0.717) is 24.9 Å². The molecule has 4 fully saturated rings. The Labute approximate surface area is 292 Å². The van der Waals surface area contributed by atoms with Crippen molar-refractivity contribution in [3.63, 3.8) is 0 Å². The lowest BCUT2D eigenvalue weighted by Gasteiger charge is -2.71. The van der Waals surface area contributed by atoms with Gasteiger partial charge in [0, 0.05) is 33.1 Å². The number of alkyl halides is 3. The zero-order valence-corrected chi connectivity index (χ0v) is 28.9. The van der Waals surface area contributed by atoms with Gasteiger partial charge in [0.1, 0.15) is 11.4 Å². The number of carbonyl (C=O) groups is 2. The van der Waals surface area contributed by atoms with E-state index in [-0.39, 0.29) is 35.3 Å². The van der Waals surface area contributed by atoms with Crippen molar-refractivity contribution < 1.29 is 37.3 Å². The number of rotatable bonds is 5. The molecule has 7 aliphatic rings. The van der Waals surface area contributed by atoms with E-state index in [4.69, 9.17) is 4.74 Å². The Morgan fingerprint density at radius 2 is 1.72 bits per heavy atom. The Morgan fingerprint density at radius 3 is 2.48 bits per heavy atom. The van der Waals surface area contributed by atoms with Gasteiger partial charge in [-0.2, -0.15) is 0 Å². The Morgan fingerprint density at radius 1 is 1.00 bits per heavy atom. The number of hydrogen-bond acceptors (Lipinski definition) is 6. The smallest absolute Gasteiger partial charge is 0.440 e. The number of aliphatic hydroxyl groups excluding tert-OH is 1. The summed E-state index contributed by atoms with van der Waals surface area (Å²) < 4.78 is 49.7. The van der Waals surface area contributed by atoms with Gasteiger partial charge in [-0.15, -0.1) is 24.5 Å². The number of benzene rings is 2. The van der Waals surface area contributed by atoms with Crippen molar-refractivity contribution in [3.8, 4) is 5.75 Å². The Hall–Kier alpha value is -3.63. The van der Waals surface area contributed by atoms with Crippen LogP contribution in [0.5, 0.6) is 5.75 Å². The molecule has 1 saturated heterocycles. The van der Waals surface area contributed by atoms with E-state index in [0.717, 1.165) is 52.6 Å². The molecule has 10 rings (SSSR count). The lowest BCUT2D eigenvalue weighted by atomic mass is 9.32. The highest BCUT2D eigenvalue weighted by Gasteiger charge is 2.76. The van der Waals surface area contributed by atoms with Crippen LogP contribution in [0, 0.1) is 33.5 Å². The van der Waals surface area contributed by atoms with Gasteiger partial charge >= 0.3 is 12.5 Å². The minimum atomic E-state index is -4.78. The van der Waals surface area contributed by atoms with Crippen LogP contribution in [0.3, 0.4) is 0 Å². The summed E-state index contributed by atoms with van der Waals surface area (Å²) in [6.07, 6.45) is 6.74. The summed E-state index contributed by atoms with van der Waals surface area (Å²) >= 11 is 1.53. The number of ketones is 1. The number of nitrogens with zero attached hydrogens (tertiary/aromatic N) is 1. The van der Waals surface area contributed by atoms with Gasteiger partial charge in [0.25, 0.3) is 0 Å². The van der Waals surface area contributed by atoms with E-state index >= 15 is 0 Å². The van der Waals surface area contributed by atoms with E-state index in [2.05, 4.69) is 42.9 Å². The maximum Gasteiger partial charge on any atom is 0.573 e. The molecule has 6 nitrogen and oxygen atoms in total. The molecule has 1 aliphatic heterocycles. The second kappa shape index (κ2) is 10.5. The van der Waals surface area contributed by atoms with E-state index < -0.39 is 40.4 Å². The van der Waals surface area contributed by atoms with Crippen molar-refractivity contribution in [2.24, 2.45) is 33.5 Å². The average Bonchev–Trinajstić information content (AvgIpc) is 3.73. The molecule has 1 aromatic heterocycles. The summed E-state index contributed by atoms with van der Waals surface area (Å²) in [4.78, 5) is 30.9. The third-order valence-electron chi connectivity index (χ3n) is 14.1. The summed E-state index contributed by atoms with van der Waals surface area (Å²) in [5.41, 5.74) is -0.730. The topological polar surface area (TPSA) is 76.1 Å². The molecule has 8 atom stereocenters. The predicted octanol–water partition coefficient (Wildman–Crippen LogP) is 9.23. The fourth-order valence-electron chi connectivity index (χ4n) is 11.7. The summed E-state index contributed by atoms with van der Waals surface area (Å²) in [6.45, 7) is 5.23. The van der Waals surface area contributed by atoms with Gasteiger partial charge in [-0.3, -0.25) is 9.69 Å². The van der Waals surface area contributed by atoms with Crippen molar-refractivity contribution in [2.45, 2.75) is 83.4 Å². The molecule has 2 aromatic carbocycles. The van der Waals surface area contributed by atoms with Crippen LogP contribution in [0.1, 0.15) is 74.0 Å². The van der Waals surface area contributed by atoms with Gasteiger partial charge in [-0.25, -0.2) is 4.79 Å². The number of halogens is 3. The second-order valence-electron chi connectivity index (χ2n) is 16.2. The molecule has 3 aromatic rings. The van der Waals surface area contributed by atoms with Gasteiger partial charge in [-0.1, -0.05) is 62.4 Å². The maximum absolute atomic E-state index is 15.0. The van der Waals surface area contributed by atoms with Crippen molar-refractivity contribution in [1.29, 1.82) is 0 Å². The lowest BCUT2D eigenvalue weighted by molar-refractivity contribution is -0.274. The van der Waals surface area contributed by atoms with Crippen LogP contribution in [0.4, 0.5) is 18.0 Å². The number of fused-ring (bicyclic) bond motifs is 3. The number of allylic oxidation sites excluding steroid dienone is 4. The third kappa shape index (κ3) is 4.30. The maximum atomic E-state index is 15.0. The molecule has 0 radical (unpaired) electrons. The molecule has 3 saturated carbocycles. The highest BCUT2D eigenvalue weighted by Crippen LogP contribution is 2.79. The summed E-state index contributed by atoms with van der Waals surface area (Å²) in [7, 11) is 0. The zero-order chi connectivity index (χ0) is 34.9. The van der Waals surface area contributed by atoms with Crippen LogP contribution in [0.2, 0.25) is 0 Å². The van der Waals surface area contributed by atoms with E-state index in [1.165, 1.54) is 23.5 Å². The minimum Gasteiger partial charge on any atom is -0.440 e. The minimum absolute atomic E-state index is 0.0445. The van der Waals surface area contributed by atoms with Crippen LogP contribution in [0.15, 0.2) is 78.4 Å². The molecule has 3 spiro atoms. The van der Waals surface area contributed by atoms with Gasteiger partial charge in [0.05, 0.1) is 17.5 Å². The van der Waals surface area contributed by atoms with Crippen molar-refractivity contribution >= 4 is 33.3 Å². The Bertz CT molecular complexity index is 1950. The molecule has 50 heavy (non-hydrogen) atoms. The highest BCUT2D eigenvalue weighted by molar-refractivity contribution is 7.21. The van der Waals surface area contributed by atoms with Crippen LogP contribution in [0.25, 0.3) is 10.1 Å². The van der Waals surface area contributed by atoms with Gasteiger partial charge < -0.3 is 14.6 Å². The standard InChI is InChI=1S/C40H40F3NO5S/c1-35-14-11-26(45)20-37(35)17-18-39(28(21-37)33(46)30-19-25-5-3-4-6-29(25)50-30)31(35)12-15-36(2)32(39)13-16-38(36)23-44(34(47)49-38)22-24-7-9-27(10-8-24)48-40(41,42)43/h3-10,17-19,21,26,31-32,45H,11-16,20,22-23H2,1-2H3. The molecular formula is C40H40F3NO5S. The fourth-order valence-corrected chi connectivity index (χ4v) is 12.8. The zero-order valence-electron chi connectivity index (χ0n) is 28.1. The molecule has 8 unspecified atom stereocenters. The number of aliphatic hydroxyl groups is 1. The first-order valence-corrected chi connectivity index (χ1v) is 18.5. The van der Waals surface area contributed by atoms with E-state index in [9.17, 15) is 27.9 Å². The molecule has 1 amide bonds. The summed E-state index contributed by atoms with van der Waals surface area (Å²) in [5.74, 6) is -0.000768. The van der Waals surface area contributed by atoms with Crippen molar-refractivity contribution in [1.82, 2.24) is 4.90 Å². The van der Waals surface area contributed by atoms with Crippen LogP contribution in [-0.4, -0.2) is 46.5 Å². The molecule has 1 N–H and O–H groups in total. The van der Waals surface area contributed by atoms with Gasteiger partial charge in [0.2, 0.25) is 0 Å². The largest absolute Gasteiger partial charge is 0.573 e. The van der Waals surface area contributed by atoms with E-state index in [1.807, 2.05) is 24.3 Å². The number of ether oxygens (including phenoxy) is 2. The number of thiophene rings is 1. The second-order valence-corrected chi connectivity index (χ2v) is 17.3. The molecule has 2 bridgehead atoms. The predicted molar refractivity (Wildman–Crippen MR) is 183 cm³/mol. The first-order valence-electron chi connectivity index (χ1n) is 17.7. The first-order chi connectivity index (χ1) is 23.7. The number of carbonyl (C=O) groups excluding carboxylic acids is 2. The number of hydrogen-bond donors (Lipinski definition) is 1. The first kappa shape index (κ1) is 32.3. The third-order valence-corrected chi connectivity index (χ3v) is 15.2. The fraction of sp³-hybridized carbons (Fsp3) is 0.500. The molecule has 6 aliphatic carbocycles. The Balaban J connectivity index is 1.08. The van der Waals surface area contributed by atoms with Gasteiger partial charge in [0.15, 0.2) is 5.78 Å². The summed E-state index contributed by atoms with van der Waals surface area (Å²) in [5, 5.41) is 12.1. The SMILES string of the molecule is CC12CCC(O)CC13C=CC1(C(C(=O)c4cc5ccccc5s4)=C3)C2CCC2(C)C1CCC21CN(Cc2ccc(OC(F)(F)F)cc2)C(=O)O1. The molecule has 10 heteroatoms. The van der Waals surface area contributed by atoms with Crippen LogP contribution < -0.4 is 4.74 Å². The highest BCUT2D eigenvalue weighted by atomic mass is 32.1. The molecule has 262 valence electrons. The van der Waals surface area contributed by atoms with E-state index in [1.54, 1.807) is 17.0 Å². The summed E-state index contributed by atoms with van der Waals surface area (Å²) in [6, 6.07) is 15.7. The van der Waals surface area contributed by atoms with Crippen molar-refractivity contribution in [2.75, 3.05) is 6.54 Å². The monoisotopic (exact) mass is 703 g/mol. The normalized spacial score (nSPS) is 38.5. The number of Topliss-reactive ketones (excluding diaryl/α,β-unsaturated/α-hetero) is 1. The lowest BCUT2D eigenvalue weighted by Crippen LogP contribution is -2.67. The van der Waals surface area contributed by atoms with Crippen LogP contribution >= 0.6 is 11.3 Å².